The molecule has 1 amide bonds. The first-order chi connectivity index (χ1) is 12.0. The number of hydrogen-bond donors (Lipinski definition) is 1. The average Bonchev–Trinajstić information content (AvgIpc) is 2.68. The Kier molecular flexibility index (Phi) is 5.42. The van der Waals surface area contributed by atoms with E-state index in [-0.39, 0.29) is 11.8 Å². The van der Waals surface area contributed by atoms with Crippen LogP contribution in [0.4, 0.5) is 0 Å². The van der Waals surface area contributed by atoms with Crippen molar-refractivity contribution in [2.45, 2.75) is 38.0 Å². The molecule has 2 heterocycles. The minimum Gasteiger partial charge on any atom is -0.481 e. The second-order valence-corrected chi connectivity index (χ2v) is 7.32. The highest BCUT2D eigenvalue weighted by molar-refractivity contribution is 5.83. The molecule has 0 radical (unpaired) electrons. The molecule has 2 aliphatic heterocycles. The number of carbonyl (C=O) groups is 2. The normalized spacial score (nSPS) is 22.4. The fraction of sp³-hybridized carbons (Fsp3) is 0.600. The van der Waals surface area contributed by atoms with Gasteiger partial charge in [-0.15, -0.1) is 0 Å². The Hall–Kier alpha value is -1.88. The van der Waals surface area contributed by atoms with Crippen LogP contribution in [0, 0.1) is 11.8 Å². The van der Waals surface area contributed by atoms with Gasteiger partial charge in [0, 0.05) is 32.2 Å². The average molecular weight is 345 g/mol. The number of carbonyl (C=O) groups excluding carboxylic acids is 1. The van der Waals surface area contributed by atoms with E-state index in [0.29, 0.717) is 31.8 Å². The summed E-state index contributed by atoms with van der Waals surface area (Å²) in [6.45, 7) is 4.49. The van der Waals surface area contributed by atoms with Crippen LogP contribution in [0.25, 0.3) is 0 Å². The summed E-state index contributed by atoms with van der Waals surface area (Å²) in [4.78, 5) is 26.7. The Bertz CT molecular complexity index is 601. The van der Waals surface area contributed by atoms with Gasteiger partial charge in [-0.25, -0.2) is 0 Å². The molecule has 1 unspecified atom stereocenters. The van der Waals surface area contributed by atoms with E-state index < -0.39 is 11.4 Å². The molecule has 5 heteroatoms. The van der Waals surface area contributed by atoms with Gasteiger partial charge in [-0.2, -0.15) is 0 Å². The number of likely N-dealkylation sites (tertiary alicyclic amines) is 1. The predicted molar refractivity (Wildman–Crippen MR) is 94.3 cm³/mol. The molecule has 2 fully saturated rings. The van der Waals surface area contributed by atoms with E-state index in [1.807, 2.05) is 42.2 Å². The van der Waals surface area contributed by atoms with Crippen molar-refractivity contribution < 1.29 is 19.4 Å². The quantitative estimate of drug-likeness (QED) is 0.911. The molecule has 1 aromatic rings. The van der Waals surface area contributed by atoms with Crippen LogP contribution in [0.3, 0.4) is 0 Å². The van der Waals surface area contributed by atoms with Gasteiger partial charge in [0.25, 0.3) is 0 Å². The number of amides is 1. The number of nitrogens with zero attached hydrogens (tertiary/aromatic N) is 1. The number of carboxylic acids is 1. The van der Waals surface area contributed by atoms with E-state index in [1.165, 1.54) is 0 Å². The molecule has 2 aliphatic rings. The Balaban J connectivity index is 1.67. The molecule has 0 saturated carbocycles. The number of rotatable bonds is 4. The molecule has 25 heavy (non-hydrogen) atoms. The van der Waals surface area contributed by atoms with E-state index in [0.717, 1.165) is 31.6 Å². The first-order valence-electron chi connectivity index (χ1n) is 9.20. The molecule has 0 bridgehead atoms. The van der Waals surface area contributed by atoms with E-state index >= 15 is 0 Å². The molecule has 0 aliphatic carbocycles. The minimum atomic E-state index is -0.875. The van der Waals surface area contributed by atoms with Gasteiger partial charge < -0.3 is 14.7 Å². The number of carboxylic acid groups (broad SMARTS) is 1. The summed E-state index contributed by atoms with van der Waals surface area (Å²) in [7, 11) is 0. The minimum absolute atomic E-state index is 0.0158. The van der Waals surface area contributed by atoms with Gasteiger partial charge in [0.05, 0.1) is 5.41 Å². The van der Waals surface area contributed by atoms with E-state index in [9.17, 15) is 14.7 Å². The third kappa shape index (κ3) is 3.56. The van der Waals surface area contributed by atoms with Crippen LogP contribution >= 0.6 is 0 Å². The lowest BCUT2D eigenvalue weighted by Gasteiger charge is -2.41. The topological polar surface area (TPSA) is 66.8 Å². The number of piperidine rings is 1. The SMILES string of the molecule is CC(C(=O)N1CCC(C(=O)O)(c2ccccc2)CC1)C1CCOCC1. The zero-order valence-corrected chi connectivity index (χ0v) is 14.8. The number of hydrogen-bond acceptors (Lipinski definition) is 3. The Morgan fingerprint density at radius 3 is 2.32 bits per heavy atom. The third-order valence-corrected chi connectivity index (χ3v) is 6.03. The second kappa shape index (κ2) is 7.56. The number of aliphatic carboxylic acids is 1. The van der Waals surface area contributed by atoms with Crippen molar-refractivity contribution in [2.75, 3.05) is 26.3 Å². The van der Waals surface area contributed by atoms with Crippen molar-refractivity contribution in [2.24, 2.45) is 11.8 Å². The number of ether oxygens (including phenoxy) is 1. The maximum absolute atomic E-state index is 12.9. The van der Waals surface area contributed by atoms with Gasteiger partial charge in [0.1, 0.15) is 0 Å². The van der Waals surface area contributed by atoms with Crippen molar-refractivity contribution in [3.8, 4) is 0 Å². The lowest BCUT2D eigenvalue weighted by molar-refractivity contribution is -0.150. The Morgan fingerprint density at radius 1 is 1.16 bits per heavy atom. The largest absolute Gasteiger partial charge is 0.481 e. The summed E-state index contributed by atoms with van der Waals surface area (Å²) < 4.78 is 5.39. The van der Waals surface area contributed by atoms with Crippen molar-refractivity contribution in [3.05, 3.63) is 35.9 Å². The zero-order chi connectivity index (χ0) is 17.9. The standard InChI is InChI=1S/C20H27NO4/c1-15(16-7-13-25-14-8-16)18(22)21-11-9-20(10-12-21,19(23)24)17-5-3-2-4-6-17/h2-6,15-16H,7-14H2,1H3,(H,23,24). The Morgan fingerprint density at radius 2 is 1.76 bits per heavy atom. The molecule has 1 aromatic carbocycles. The van der Waals surface area contributed by atoms with Crippen LogP contribution in [0.5, 0.6) is 0 Å². The van der Waals surface area contributed by atoms with Crippen LogP contribution in [-0.2, 0) is 19.7 Å². The molecule has 0 aromatic heterocycles. The van der Waals surface area contributed by atoms with Crippen molar-refractivity contribution in [1.82, 2.24) is 4.90 Å². The molecule has 5 nitrogen and oxygen atoms in total. The fourth-order valence-corrected chi connectivity index (χ4v) is 4.20. The summed E-state index contributed by atoms with van der Waals surface area (Å²) in [5, 5.41) is 9.86. The maximum Gasteiger partial charge on any atom is 0.314 e. The fourth-order valence-electron chi connectivity index (χ4n) is 4.20. The first kappa shape index (κ1) is 17.9. The van der Waals surface area contributed by atoms with Gasteiger partial charge in [0.2, 0.25) is 5.91 Å². The van der Waals surface area contributed by atoms with Crippen LogP contribution in [0.2, 0.25) is 0 Å². The zero-order valence-electron chi connectivity index (χ0n) is 14.8. The molecule has 0 spiro atoms. The second-order valence-electron chi connectivity index (χ2n) is 7.32. The summed E-state index contributed by atoms with van der Waals surface area (Å²) >= 11 is 0. The smallest absolute Gasteiger partial charge is 0.314 e. The van der Waals surface area contributed by atoms with E-state index in [4.69, 9.17) is 4.74 Å². The van der Waals surface area contributed by atoms with Gasteiger partial charge in [-0.3, -0.25) is 9.59 Å². The third-order valence-electron chi connectivity index (χ3n) is 6.03. The number of benzene rings is 1. The molecule has 1 N–H and O–H groups in total. The van der Waals surface area contributed by atoms with Crippen molar-refractivity contribution in [3.63, 3.8) is 0 Å². The molecule has 2 saturated heterocycles. The summed E-state index contributed by atoms with van der Waals surface area (Å²) in [5.41, 5.74) is -0.0352. The lowest BCUT2D eigenvalue weighted by atomic mass is 9.72. The molecular formula is C20H27NO4. The summed E-state index contributed by atoms with van der Waals surface area (Å²) in [6.07, 6.45) is 2.81. The van der Waals surface area contributed by atoms with Crippen molar-refractivity contribution in [1.29, 1.82) is 0 Å². The first-order valence-corrected chi connectivity index (χ1v) is 9.20. The van der Waals surface area contributed by atoms with Crippen molar-refractivity contribution >= 4 is 11.9 Å². The van der Waals surface area contributed by atoms with E-state index in [2.05, 4.69) is 0 Å². The molecule has 3 rings (SSSR count). The van der Waals surface area contributed by atoms with Gasteiger partial charge in [-0.1, -0.05) is 37.3 Å². The highest BCUT2D eigenvalue weighted by Gasteiger charge is 2.44. The molecule has 136 valence electrons. The highest BCUT2D eigenvalue weighted by Crippen LogP contribution is 2.37. The van der Waals surface area contributed by atoms with Gasteiger partial charge >= 0.3 is 5.97 Å². The molecular weight excluding hydrogens is 318 g/mol. The summed E-state index contributed by atoms with van der Waals surface area (Å²) in [6, 6.07) is 9.43. The van der Waals surface area contributed by atoms with Gasteiger partial charge in [-0.05, 0) is 37.2 Å². The maximum atomic E-state index is 12.9. The predicted octanol–water partition coefficient (Wildman–Crippen LogP) is 2.69. The van der Waals surface area contributed by atoms with Crippen LogP contribution in [0.15, 0.2) is 30.3 Å². The van der Waals surface area contributed by atoms with Gasteiger partial charge in [0.15, 0.2) is 0 Å². The molecule has 1 atom stereocenters. The monoisotopic (exact) mass is 345 g/mol. The Labute approximate surface area is 149 Å². The lowest BCUT2D eigenvalue weighted by Crippen LogP contribution is -2.50. The van der Waals surface area contributed by atoms with Crippen LogP contribution in [-0.4, -0.2) is 48.2 Å². The highest BCUT2D eigenvalue weighted by atomic mass is 16.5. The summed E-state index contributed by atoms with van der Waals surface area (Å²) in [5.74, 6) is -0.262. The van der Waals surface area contributed by atoms with Crippen LogP contribution in [0.1, 0.15) is 38.2 Å². The van der Waals surface area contributed by atoms with E-state index in [1.54, 1.807) is 0 Å². The van der Waals surface area contributed by atoms with Crippen LogP contribution < -0.4 is 0 Å².